The molecule has 0 rings (SSSR count). The molecule has 0 spiro atoms. The molecular weight excluding hydrogens is 1110 g/mol. The molecule has 0 radical (unpaired) electrons. The fourth-order valence-corrected chi connectivity index (χ4v) is 13.0. The maximum atomic E-state index is 12.6. The van der Waals surface area contributed by atoms with Gasteiger partial charge in [-0.25, -0.2) is 0 Å². The van der Waals surface area contributed by atoms with Gasteiger partial charge in [0.1, 0.15) is 0 Å². The molecule has 0 aliphatic carbocycles. The van der Waals surface area contributed by atoms with Gasteiger partial charge in [0.15, 0.2) is 0 Å². The third-order valence-corrected chi connectivity index (χ3v) is 19.3. The Labute approximate surface area is 569 Å². The Bertz CT molecular complexity index is 1520. The van der Waals surface area contributed by atoms with Crippen molar-refractivity contribution in [2.75, 3.05) is 13.2 Å². The highest BCUT2D eigenvalue weighted by Gasteiger charge is 2.18. The van der Waals surface area contributed by atoms with Crippen LogP contribution in [0.3, 0.4) is 0 Å². The molecule has 0 saturated heterocycles. The number of amides is 1. The van der Waals surface area contributed by atoms with Crippen LogP contribution in [-0.4, -0.2) is 47.4 Å². The minimum absolute atomic E-state index is 0.0112. The lowest BCUT2D eigenvalue weighted by Crippen LogP contribution is -2.45. The average Bonchev–Trinajstić information content (AvgIpc) is 3.69. The summed E-state index contributed by atoms with van der Waals surface area (Å²) in [6.07, 6.45) is 107. The van der Waals surface area contributed by atoms with Crippen LogP contribution in [0.25, 0.3) is 0 Å². The van der Waals surface area contributed by atoms with Crippen LogP contribution in [0.1, 0.15) is 457 Å². The number of rotatable bonds is 78. The van der Waals surface area contributed by atoms with Crippen molar-refractivity contribution in [3.8, 4) is 0 Å². The molecule has 0 aliphatic rings. The minimum Gasteiger partial charge on any atom is -0.466 e. The molecule has 0 aromatic heterocycles. The Morgan fingerprint density at radius 2 is 0.549 bits per heavy atom. The molecule has 536 valence electrons. The quantitative estimate of drug-likeness (QED) is 0.0320. The van der Waals surface area contributed by atoms with E-state index in [0.29, 0.717) is 19.4 Å². The first-order valence-corrected chi connectivity index (χ1v) is 41.4. The van der Waals surface area contributed by atoms with Gasteiger partial charge in [-0.15, -0.1) is 0 Å². The molecule has 3 N–H and O–H groups in total. The van der Waals surface area contributed by atoms with Crippen LogP contribution in [-0.2, 0) is 14.3 Å². The average molecular weight is 1280 g/mol. The number of allylic oxidation sites excluding steroid dienone is 7. The zero-order chi connectivity index (χ0) is 65.6. The fourth-order valence-electron chi connectivity index (χ4n) is 13.0. The van der Waals surface area contributed by atoms with Crippen molar-refractivity contribution in [3.63, 3.8) is 0 Å². The van der Waals surface area contributed by atoms with E-state index >= 15 is 0 Å². The second-order valence-corrected chi connectivity index (χ2v) is 28.4. The van der Waals surface area contributed by atoms with Crippen molar-refractivity contribution >= 4 is 11.9 Å². The Balaban J connectivity index is 3.39. The Hall–Kier alpha value is -2.18. The van der Waals surface area contributed by atoms with Crippen LogP contribution in [0, 0.1) is 0 Å². The fraction of sp³-hybridized carbons (Fsp3) is 0.882. The highest BCUT2D eigenvalue weighted by Crippen LogP contribution is 2.20. The van der Waals surface area contributed by atoms with Gasteiger partial charge in [-0.3, -0.25) is 9.59 Å². The molecule has 0 aromatic rings. The standard InChI is InChI=1S/C85H161NO5/c1-3-5-7-9-11-13-15-17-19-20-21-22-40-43-46-50-53-57-61-65-69-73-77-83(88)82(81-87)86-84(89)78-74-70-66-62-58-54-51-47-44-41-38-36-34-32-30-28-26-24-23-25-27-29-31-33-35-37-39-42-45-48-52-56-60-64-68-72-76-80-91-85(90)79-75-71-67-63-59-55-49-18-16-14-12-10-8-6-4-2/h18,23,25,29,31,49,73,77,82-83,87-88H,3-17,19-22,24,26-28,30,32-48,50-72,74-76,78-81H2,1-2H3,(H,86,89)/b25-23-,31-29-,49-18-,77-73+. The Kier molecular flexibility index (Phi) is 78.3. The maximum absolute atomic E-state index is 12.6. The zero-order valence-electron chi connectivity index (χ0n) is 61.6. The molecule has 2 atom stereocenters. The summed E-state index contributed by atoms with van der Waals surface area (Å²) in [6.45, 7) is 4.94. The van der Waals surface area contributed by atoms with Gasteiger partial charge in [-0.2, -0.15) is 0 Å². The first-order chi connectivity index (χ1) is 45.0. The molecule has 1 amide bonds. The van der Waals surface area contributed by atoms with Gasteiger partial charge < -0.3 is 20.3 Å². The van der Waals surface area contributed by atoms with Gasteiger partial charge in [-0.05, 0) is 89.9 Å². The monoisotopic (exact) mass is 1280 g/mol. The number of hydrogen-bond donors (Lipinski definition) is 3. The molecule has 0 heterocycles. The topological polar surface area (TPSA) is 95.9 Å². The number of aliphatic hydroxyl groups excluding tert-OH is 2. The molecule has 0 bridgehead atoms. The molecule has 0 aromatic carbocycles. The molecule has 6 nitrogen and oxygen atoms in total. The smallest absolute Gasteiger partial charge is 0.305 e. The number of unbranched alkanes of at least 4 members (excludes halogenated alkanes) is 61. The summed E-state index contributed by atoms with van der Waals surface area (Å²) >= 11 is 0. The van der Waals surface area contributed by atoms with Gasteiger partial charge in [0.05, 0.1) is 25.4 Å². The normalized spacial score (nSPS) is 12.7. The van der Waals surface area contributed by atoms with Crippen molar-refractivity contribution in [1.29, 1.82) is 0 Å². The summed E-state index contributed by atoms with van der Waals surface area (Å²) in [7, 11) is 0. The van der Waals surface area contributed by atoms with Crippen LogP contribution in [0.2, 0.25) is 0 Å². The second kappa shape index (κ2) is 80.3. The lowest BCUT2D eigenvalue weighted by Gasteiger charge is -2.20. The number of aliphatic hydroxyl groups is 2. The Morgan fingerprint density at radius 1 is 0.308 bits per heavy atom. The van der Waals surface area contributed by atoms with E-state index in [1.165, 1.54) is 379 Å². The number of esters is 1. The number of carbonyl (C=O) groups excluding carboxylic acids is 2. The number of nitrogens with one attached hydrogen (secondary N) is 1. The summed E-state index contributed by atoms with van der Waals surface area (Å²) in [5, 5.41) is 23.3. The first kappa shape index (κ1) is 88.8. The third-order valence-electron chi connectivity index (χ3n) is 19.3. The van der Waals surface area contributed by atoms with Crippen molar-refractivity contribution in [1.82, 2.24) is 5.32 Å². The predicted octanol–water partition coefficient (Wildman–Crippen LogP) is 27.5. The minimum atomic E-state index is -0.844. The number of ether oxygens (including phenoxy) is 1. The van der Waals surface area contributed by atoms with E-state index in [4.69, 9.17) is 4.74 Å². The van der Waals surface area contributed by atoms with Crippen molar-refractivity contribution in [3.05, 3.63) is 48.6 Å². The molecule has 0 fully saturated rings. The van der Waals surface area contributed by atoms with Gasteiger partial charge in [-0.1, -0.05) is 403 Å². The van der Waals surface area contributed by atoms with Crippen LogP contribution >= 0.6 is 0 Å². The molecule has 0 saturated carbocycles. The zero-order valence-corrected chi connectivity index (χ0v) is 61.6. The van der Waals surface area contributed by atoms with Crippen molar-refractivity contribution < 1.29 is 24.5 Å². The van der Waals surface area contributed by atoms with E-state index in [2.05, 4.69) is 55.6 Å². The molecule has 6 heteroatoms. The molecule has 2 unspecified atom stereocenters. The van der Waals surface area contributed by atoms with E-state index in [1.54, 1.807) is 6.08 Å². The van der Waals surface area contributed by atoms with Crippen molar-refractivity contribution in [2.45, 2.75) is 469 Å². The summed E-state index contributed by atoms with van der Waals surface area (Å²) in [4.78, 5) is 24.6. The SMILES string of the molecule is CCCCCCCC/C=C\CCCCCCCC(=O)OCCCCCCCCCCCCCCC/C=C\C/C=C\CCCCCCCCCCCCCCCCCCCC(=O)NC(CO)C(O)/C=C/CCCCCCCCCCCCCCCCCCCCCC. The van der Waals surface area contributed by atoms with Crippen LogP contribution in [0.4, 0.5) is 0 Å². The molecule has 0 aliphatic heterocycles. The van der Waals surface area contributed by atoms with E-state index in [-0.39, 0.29) is 18.5 Å². The largest absolute Gasteiger partial charge is 0.466 e. The molecule has 91 heavy (non-hydrogen) atoms. The number of hydrogen-bond acceptors (Lipinski definition) is 5. The maximum Gasteiger partial charge on any atom is 0.305 e. The van der Waals surface area contributed by atoms with E-state index < -0.39 is 12.1 Å². The van der Waals surface area contributed by atoms with Crippen LogP contribution in [0.15, 0.2) is 48.6 Å². The highest BCUT2D eigenvalue weighted by atomic mass is 16.5. The summed E-state index contributed by atoms with van der Waals surface area (Å²) in [5.41, 5.74) is 0. The van der Waals surface area contributed by atoms with E-state index in [9.17, 15) is 19.8 Å². The summed E-state index contributed by atoms with van der Waals surface area (Å²) in [6, 6.07) is -0.628. The van der Waals surface area contributed by atoms with Gasteiger partial charge in [0.2, 0.25) is 5.91 Å². The Morgan fingerprint density at radius 3 is 0.846 bits per heavy atom. The predicted molar refractivity (Wildman–Crippen MR) is 402 cm³/mol. The number of carbonyl (C=O) groups is 2. The first-order valence-electron chi connectivity index (χ1n) is 41.4. The summed E-state index contributed by atoms with van der Waals surface area (Å²) < 4.78 is 5.50. The highest BCUT2D eigenvalue weighted by molar-refractivity contribution is 5.76. The van der Waals surface area contributed by atoms with E-state index in [0.717, 1.165) is 51.4 Å². The second-order valence-electron chi connectivity index (χ2n) is 28.4. The lowest BCUT2D eigenvalue weighted by atomic mass is 10.0. The van der Waals surface area contributed by atoms with Gasteiger partial charge in [0, 0.05) is 12.8 Å². The van der Waals surface area contributed by atoms with Crippen molar-refractivity contribution in [2.24, 2.45) is 0 Å². The van der Waals surface area contributed by atoms with Crippen LogP contribution < -0.4 is 5.32 Å². The molecular formula is C85H161NO5. The summed E-state index contributed by atoms with van der Waals surface area (Å²) in [5.74, 6) is -0.0496. The van der Waals surface area contributed by atoms with E-state index in [1.807, 2.05) is 6.08 Å². The van der Waals surface area contributed by atoms with Crippen LogP contribution in [0.5, 0.6) is 0 Å². The van der Waals surface area contributed by atoms with Gasteiger partial charge >= 0.3 is 5.97 Å². The third kappa shape index (κ3) is 76.7. The lowest BCUT2D eigenvalue weighted by molar-refractivity contribution is -0.143. The van der Waals surface area contributed by atoms with Gasteiger partial charge in [0.25, 0.3) is 0 Å².